The number of fused-ring (bicyclic) bond motifs is 1. The number of H-pyrrole nitrogens is 1. The zero-order valence-electron chi connectivity index (χ0n) is 9.33. The highest BCUT2D eigenvalue weighted by Crippen LogP contribution is 2.16. The van der Waals surface area contributed by atoms with Gasteiger partial charge in [-0.25, -0.2) is 9.18 Å². The Kier molecular flexibility index (Phi) is 2.67. The molecule has 2 aromatic rings. The van der Waals surface area contributed by atoms with Gasteiger partial charge >= 0.3 is 5.97 Å². The van der Waals surface area contributed by atoms with Crippen LogP contribution in [0.1, 0.15) is 15.9 Å². The summed E-state index contributed by atoms with van der Waals surface area (Å²) in [7, 11) is 1.20. The quantitative estimate of drug-likeness (QED) is 0.766. The molecule has 5 heteroatoms. The first-order chi connectivity index (χ1) is 8.06. The molecule has 0 atom stereocenters. The molecule has 17 heavy (non-hydrogen) atoms. The van der Waals surface area contributed by atoms with E-state index in [0.29, 0.717) is 11.1 Å². The number of ether oxygens (including phenoxy) is 1. The molecule has 0 unspecified atom stereocenters. The maximum Gasteiger partial charge on any atom is 0.343 e. The van der Waals surface area contributed by atoms with Crippen LogP contribution in [0.4, 0.5) is 4.39 Å². The number of nitrogens with one attached hydrogen (secondary N) is 1. The largest absolute Gasteiger partial charge is 0.465 e. The minimum atomic E-state index is -0.713. The third-order valence-electron chi connectivity index (χ3n) is 2.65. The number of carbonyl (C=O) groups excluding carboxylic acids is 1. The van der Waals surface area contributed by atoms with Crippen molar-refractivity contribution in [3.63, 3.8) is 0 Å². The van der Waals surface area contributed by atoms with Gasteiger partial charge in [0.15, 0.2) is 0 Å². The minimum Gasteiger partial charge on any atom is -0.465 e. The lowest BCUT2D eigenvalue weighted by atomic mass is 10.1. The van der Waals surface area contributed by atoms with Crippen molar-refractivity contribution in [3.8, 4) is 0 Å². The Hall–Kier alpha value is -2.17. The lowest BCUT2D eigenvalue weighted by molar-refractivity contribution is 0.0599. The van der Waals surface area contributed by atoms with Crippen LogP contribution in [0.5, 0.6) is 0 Å². The molecule has 0 bridgehead atoms. The number of aromatic amines is 1. The molecule has 88 valence electrons. The van der Waals surface area contributed by atoms with Crippen molar-refractivity contribution < 1.29 is 13.9 Å². The van der Waals surface area contributed by atoms with Crippen LogP contribution >= 0.6 is 0 Å². The summed E-state index contributed by atoms with van der Waals surface area (Å²) in [6.07, 6.45) is 1.24. The molecule has 0 amide bonds. The number of pyridine rings is 1. The fourth-order valence-corrected chi connectivity index (χ4v) is 1.68. The first-order valence-electron chi connectivity index (χ1n) is 4.95. The summed E-state index contributed by atoms with van der Waals surface area (Å²) in [5, 5.41) is 0.270. The third-order valence-corrected chi connectivity index (χ3v) is 2.65. The van der Waals surface area contributed by atoms with Gasteiger partial charge in [0.05, 0.1) is 12.6 Å². The van der Waals surface area contributed by atoms with E-state index >= 15 is 0 Å². The van der Waals surface area contributed by atoms with Gasteiger partial charge in [0.2, 0.25) is 5.43 Å². The first-order valence-corrected chi connectivity index (χ1v) is 4.95. The van der Waals surface area contributed by atoms with Gasteiger partial charge in [-0.1, -0.05) is 0 Å². The number of aromatic nitrogens is 1. The molecular formula is C12H10FNO3. The topological polar surface area (TPSA) is 59.2 Å². The Bertz CT molecular complexity index is 661. The summed E-state index contributed by atoms with van der Waals surface area (Å²) in [6, 6.07) is 2.55. The van der Waals surface area contributed by atoms with Crippen molar-refractivity contribution in [2.24, 2.45) is 0 Å². The number of methoxy groups -OCH3 is 1. The number of benzene rings is 1. The Balaban J connectivity index is 2.83. The molecule has 0 aliphatic heterocycles. The Morgan fingerprint density at radius 1 is 1.41 bits per heavy atom. The molecule has 1 heterocycles. The molecule has 4 nitrogen and oxygen atoms in total. The molecular weight excluding hydrogens is 225 g/mol. The Morgan fingerprint density at radius 3 is 2.76 bits per heavy atom. The van der Waals surface area contributed by atoms with Gasteiger partial charge < -0.3 is 9.72 Å². The lowest BCUT2D eigenvalue weighted by Crippen LogP contribution is -2.17. The van der Waals surface area contributed by atoms with Crippen molar-refractivity contribution in [1.82, 2.24) is 4.98 Å². The van der Waals surface area contributed by atoms with E-state index in [1.54, 1.807) is 6.92 Å². The number of halogens is 1. The van der Waals surface area contributed by atoms with Crippen LogP contribution in [0.15, 0.2) is 23.1 Å². The van der Waals surface area contributed by atoms with Crippen molar-refractivity contribution >= 4 is 16.9 Å². The van der Waals surface area contributed by atoms with Crippen LogP contribution < -0.4 is 5.43 Å². The maximum atomic E-state index is 13.3. The van der Waals surface area contributed by atoms with Gasteiger partial charge in [-0.2, -0.15) is 0 Å². The monoisotopic (exact) mass is 235 g/mol. The molecule has 0 saturated heterocycles. The lowest BCUT2D eigenvalue weighted by Gasteiger charge is -2.05. The molecule has 0 spiro atoms. The van der Waals surface area contributed by atoms with E-state index in [0.717, 1.165) is 0 Å². The molecule has 0 fully saturated rings. The van der Waals surface area contributed by atoms with Crippen LogP contribution in [-0.2, 0) is 4.74 Å². The summed E-state index contributed by atoms with van der Waals surface area (Å²) >= 11 is 0. The molecule has 1 N–H and O–H groups in total. The highest BCUT2D eigenvalue weighted by molar-refractivity contribution is 5.94. The second-order valence-corrected chi connectivity index (χ2v) is 3.62. The zero-order valence-corrected chi connectivity index (χ0v) is 9.33. The molecule has 0 saturated carbocycles. The maximum absolute atomic E-state index is 13.3. The van der Waals surface area contributed by atoms with Crippen LogP contribution in [0.3, 0.4) is 0 Å². The number of carbonyl (C=O) groups is 1. The third kappa shape index (κ3) is 1.69. The van der Waals surface area contributed by atoms with E-state index in [9.17, 15) is 14.0 Å². The number of esters is 1. The molecule has 0 aliphatic rings. The van der Waals surface area contributed by atoms with E-state index in [1.807, 2.05) is 0 Å². The number of hydrogen-bond donors (Lipinski definition) is 1. The van der Waals surface area contributed by atoms with E-state index in [1.165, 1.54) is 25.4 Å². The van der Waals surface area contributed by atoms with E-state index in [-0.39, 0.29) is 10.9 Å². The number of hydrogen-bond acceptors (Lipinski definition) is 3. The Morgan fingerprint density at radius 2 is 2.12 bits per heavy atom. The van der Waals surface area contributed by atoms with Crippen molar-refractivity contribution in [3.05, 3.63) is 45.5 Å². The van der Waals surface area contributed by atoms with E-state index < -0.39 is 17.2 Å². The predicted octanol–water partition coefficient (Wildman–Crippen LogP) is 1.76. The van der Waals surface area contributed by atoms with Gasteiger partial charge in [-0.05, 0) is 19.1 Å². The zero-order chi connectivity index (χ0) is 12.6. The average molecular weight is 235 g/mol. The molecule has 0 radical (unpaired) electrons. The normalized spacial score (nSPS) is 10.5. The highest BCUT2D eigenvalue weighted by Gasteiger charge is 2.14. The molecule has 2 rings (SSSR count). The van der Waals surface area contributed by atoms with Crippen LogP contribution in [-0.4, -0.2) is 18.1 Å². The standard InChI is InChI=1S/C12H10FNO3/c1-6-9(13)4-3-7-10(6)14-5-8(11(7)15)12(16)17-2/h3-5H,1-2H3,(H,14,15). The molecule has 0 aliphatic carbocycles. The van der Waals surface area contributed by atoms with Crippen LogP contribution in [0, 0.1) is 12.7 Å². The van der Waals surface area contributed by atoms with Crippen LogP contribution in [0.25, 0.3) is 10.9 Å². The number of aryl methyl sites for hydroxylation is 1. The van der Waals surface area contributed by atoms with Crippen molar-refractivity contribution in [1.29, 1.82) is 0 Å². The molecule has 1 aromatic heterocycles. The summed E-state index contributed by atoms with van der Waals surface area (Å²) in [5.74, 6) is -1.12. The van der Waals surface area contributed by atoms with E-state index in [4.69, 9.17) is 0 Å². The summed E-state index contributed by atoms with van der Waals surface area (Å²) in [5.41, 5.74) is 0.179. The second-order valence-electron chi connectivity index (χ2n) is 3.62. The SMILES string of the molecule is COC(=O)c1c[nH]c2c(C)c(F)ccc2c1=O. The molecule has 1 aromatic carbocycles. The smallest absolute Gasteiger partial charge is 0.343 e. The second kappa shape index (κ2) is 4.01. The highest BCUT2D eigenvalue weighted by atomic mass is 19.1. The first kappa shape index (κ1) is 11.3. The van der Waals surface area contributed by atoms with Gasteiger partial charge in [-0.15, -0.1) is 0 Å². The minimum absolute atomic E-state index is 0.0917. The van der Waals surface area contributed by atoms with Gasteiger partial charge in [0.1, 0.15) is 11.4 Å². The van der Waals surface area contributed by atoms with Crippen molar-refractivity contribution in [2.45, 2.75) is 6.92 Å². The van der Waals surface area contributed by atoms with Gasteiger partial charge in [0.25, 0.3) is 0 Å². The van der Waals surface area contributed by atoms with Crippen molar-refractivity contribution in [2.75, 3.05) is 7.11 Å². The summed E-state index contributed by atoms with van der Waals surface area (Å²) in [6.45, 7) is 1.56. The fraction of sp³-hybridized carbons (Fsp3) is 0.167. The number of rotatable bonds is 1. The van der Waals surface area contributed by atoms with E-state index in [2.05, 4.69) is 9.72 Å². The van der Waals surface area contributed by atoms with Gasteiger partial charge in [-0.3, -0.25) is 4.79 Å². The Labute approximate surface area is 96.0 Å². The summed E-state index contributed by atoms with van der Waals surface area (Å²) < 4.78 is 17.8. The summed E-state index contributed by atoms with van der Waals surface area (Å²) in [4.78, 5) is 26.0. The van der Waals surface area contributed by atoms with Crippen LogP contribution in [0.2, 0.25) is 0 Å². The fourth-order valence-electron chi connectivity index (χ4n) is 1.68. The average Bonchev–Trinajstić information content (AvgIpc) is 2.33. The predicted molar refractivity (Wildman–Crippen MR) is 60.6 cm³/mol. The van der Waals surface area contributed by atoms with Gasteiger partial charge in [0, 0.05) is 17.1 Å².